The van der Waals surface area contributed by atoms with Gasteiger partial charge in [0, 0.05) is 19.0 Å². The molecule has 0 fully saturated rings. The third-order valence-corrected chi connectivity index (χ3v) is 8.36. The van der Waals surface area contributed by atoms with E-state index in [-0.39, 0.29) is 24.9 Å². The predicted molar refractivity (Wildman–Crippen MR) is 163 cm³/mol. The largest absolute Gasteiger partial charge is 0.497 e. The van der Waals surface area contributed by atoms with Crippen molar-refractivity contribution in [1.29, 1.82) is 0 Å². The Bertz CT molecular complexity index is 1440. The van der Waals surface area contributed by atoms with Crippen molar-refractivity contribution in [2.45, 2.75) is 59.2 Å². The van der Waals surface area contributed by atoms with E-state index >= 15 is 0 Å². The van der Waals surface area contributed by atoms with Crippen molar-refractivity contribution >= 4 is 27.5 Å². The highest BCUT2D eigenvalue weighted by Gasteiger charge is 2.33. The molecular weight excluding hydrogens is 538 g/mol. The minimum atomic E-state index is -3.82. The van der Waals surface area contributed by atoms with Gasteiger partial charge in [0.15, 0.2) is 0 Å². The molecule has 0 heterocycles. The molecule has 0 aliphatic heterocycles. The second-order valence-corrected chi connectivity index (χ2v) is 12.3. The molecule has 1 N–H and O–H groups in total. The Hall–Kier alpha value is -3.85. The van der Waals surface area contributed by atoms with Gasteiger partial charge in [0.1, 0.15) is 18.3 Å². The molecule has 3 aromatic rings. The summed E-state index contributed by atoms with van der Waals surface area (Å²) in [6.45, 7) is 7.36. The van der Waals surface area contributed by atoms with Crippen LogP contribution in [0.25, 0.3) is 0 Å². The van der Waals surface area contributed by atoms with Gasteiger partial charge in [-0.2, -0.15) is 0 Å². The first-order chi connectivity index (χ1) is 19.4. The maximum atomic E-state index is 14.2. The molecule has 0 aliphatic rings. The zero-order valence-electron chi connectivity index (χ0n) is 24.8. The number of ether oxygens (including phenoxy) is 1. The number of amides is 2. The Labute approximate surface area is 244 Å². The van der Waals surface area contributed by atoms with Gasteiger partial charge in [-0.1, -0.05) is 55.5 Å². The average molecular weight is 580 g/mol. The smallest absolute Gasteiger partial charge is 0.244 e. The van der Waals surface area contributed by atoms with Crippen LogP contribution in [0.4, 0.5) is 5.69 Å². The molecule has 0 saturated heterocycles. The maximum absolute atomic E-state index is 14.2. The average Bonchev–Trinajstić information content (AvgIpc) is 2.94. The number of methoxy groups -OCH3 is 1. The van der Waals surface area contributed by atoms with Crippen LogP contribution in [0.5, 0.6) is 5.75 Å². The normalized spacial score (nSPS) is 12.7. The number of hydrogen-bond acceptors (Lipinski definition) is 5. The maximum Gasteiger partial charge on any atom is 0.244 e. The number of rotatable bonds is 13. The second kappa shape index (κ2) is 14.2. The Balaban J connectivity index is 2.08. The Morgan fingerprint density at radius 1 is 0.927 bits per heavy atom. The van der Waals surface area contributed by atoms with Crippen molar-refractivity contribution in [2.24, 2.45) is 0 Å². The molecule has 0 aromatic heterocycles. The van der Waals surface area contributed by atoms with Crippen LogP contribution in [0.15, 0.2) is 72.8 Å². The van der Waals surface area contributed by atoms with Crippen molar-refractivity contribution in [1.82, 2.24) is 10.2 Å². The van der Waals surface area contributed by atoms with E-state index in [9.17, 15) is 18.0 Å². The molecule has 8 nitrogen and oxygen atoms in total. The van der Waals surface area contributed by atoms with Crippen LogP contribution < -0.4 is 14.4 Å². The van der Waals surface area contributed by atoms with Crippen molar-refractivity contribution in [3.63, 3.8) is 0 Å². The summed E-state index contributed by atoms with van der Waals surface area (Å²) in [4.78, 5) is 29.4. The molecule has 0 bridgehead atoms. The summed E-state index contributed by atoms with van der Waals surface area (Å²) in [5, 5.41) is 3.03. The Morgan fingerprint density at radius 2 is 1.61 bits per heavy atom. The number of benzene rings is 3. The van der Waals surface area contributed by atoms with E-state index in [0.717, 1.165) is 39.2 Å². The number of carbonyl (C=O) groups excluding carboxylic acids is 2. The number of nitrogens with zero attached hydrogens (tertiary/aromatic N) is 2. The van der Waals surface area contributed by atoms with Crippen molar-refractivity contribution in [3.05, 3.63) is 95.1 Å². The number of carbonyl (C=O) groups is 2. The lowest BCUT2D eigenvalue weighted by atomic mass is 10.0. The summed E-state index contributed by atoms with van der Waals surface area (Å²) in [6, 6.07) is 21.1. The zero-order valence-corrected chi connectivity index (χ0v) is 25.6. The highest BCUT2D eigenvalue weighted by Crippen LogP contribution is 2.23. The van der Waals surface area contributed by atoms with E-state index in [4.69, 9.17) is 4.74 Å². The Kier molecular flexibility index (Phi) is 10.9. The van der Waals surface area contributed by atoms with Gasteiger partial charge in [-0.25, -0.2) is 8.42 Å². The quantitative estimate of drug-likeness (QED) is 0.319. The third kappa shape index (κ3) is 8.82. The molecule has 0 radical (unpaired) electrons. The molecule has 220 valence electrons. The van der Waals surface area contributed by atoms with E-state index in [1.165, 1.54) is 4.90 Å². The van der Waals surface area contributed by atoms with Gasteiger partial charge in [0.25, 0.3) is 0 Å². The third-order valence-electron chi connectivity index (χ3n) is 7.22. The van der Waals surface area contributed by atoms with Gasteiger partial charge >= 0.3 is 0 Å². The molecule has 41 heavy (non-hydrogen) atoms. The SMILES string of the molecule is CC[C@H](C)NC(=O)[C@@H](Cc1ccccc1)N(Cc1cccc(OC)c1)C(=O)CN(c1ccc(C)c(C)c1)S(C)(=O)=O. The highest BCUT2D eigenvalue weighted by atomic mass is 32.2. The monoisotopic (exact) mass is 579 g/mol. The van der Waals surface area contributed by atoms with E-state index < -0.39 is 28.5 Å². The molecule has 2 atom stereocenters. The topological polar surface area (TPSA) is 96.0 Å². The highest BCUT2D eigenvalue weighted by molar-refractivity contribution is 7.92. The Morgan fingerprint density at radius 3 is 2.22 bits per heavy atom. The molecule has 0 unspecified atom stereocenters. The first-order valence-electron chi connectivity index (χ1n) is 13.7. The van der Waals surface area contributed by atoms with Gasteiger partial charge in [0.2, 0.25) is 21.8 Å². The standard InChI is InChI=1S/C32H41N3O5S/c1-7-25(4)33-32(37)30(20-26-12-9-8-10-13-26)34(21-27-14-11-15-29(19-27)40-5)31(36)22-35(41(6,38)39)28-17-16-23(2)24(3)18-28/h8-19,25,30H,7,20-22H2,1-6H3,(H,33,37)/t25-,30+/m0/s1. The fraction of sp³-hybridized carbons (Fsp3) is 0.375. The van der Waals surface area contributed by atoms with Crippen LogP contribution >= 0.6 is 0 Å². The van der Waals surface area contributed by atoms with E-state index in [1.807, 2.05) is 82.3 Å². The van der Waals surface area contributed by atoms with Crippen molar-refractivity contribution < 1.29 is 22.7 Å². The first kappa shape index (κ1) is 31.7. The van der Waals surface area contributed by atoms with E-state index in [1.54, 1.807) is 25.3 Å². The summed E-state index contributed by atoms with van der Waals surface area (Å²) < 4.78 is 32.4. The summed E-state index contributed by atoms with van der Waals surface area (Å²) in [6.07, 6.45) is 2.07. The van der Waals surface area contributed by atoms with E-state index in [0.29, 0.717) is 11.4 Å². The van der Waals surface area contributed by atoms with E-state index in [2.05, 4.69) is 5.32 Å². The van der Waals surface area contributed by atoms with Crippen LogP contribution in [-0.4, -0.2) is 57.1 Å². The van der Waals surface area contributed by atoms with Crippen LogP contribution in [-0.2, 0) is 32.6 Å². The number of hydrogen-bond donors (Lipinski definition) is 1. The molecular formula is C32H41N3O5S. The minimum absolute atomic E-state index is 0.0893. The number of sulfonamides is 1. The first-order valence-corrected chi connectivity index (χ1v) is 15.6. The molecule has 3 rings (SSSR count). The fourth-order valence-corrected chi connectivity index (χ4v) is 5.30. The molecule has 3 aromatic carbocycles. The van der Waals surface area contributed by atoms with Crippen LogP contribution in [0.2, 0.25) is 0 Å². The van der Waals surface area contributed by atoms with Gasteiger partial charge < -0.3 is 15.0 Å². The van der Waals surface area contributed by atoms with Crippen LogP contribution in [0, 0.1) is 13.8 Å². The van der Waals surface area contributed by atoms with Gasteiger partial charge in [-0.15, -0.1) is 0 Å². The molecule has 0 saturated carbocycles. The number of aryl methyl sites for hydroxylation is 2. The van der Waals surface area contributed by atoms with Crippen molar-refractivity contribution in [3.8, 4) is 5.75 Å². The molecule has 2 amide bonds. The lowest BCUT2D eigenvalue weighted by molar-refractivity contribution is -0.140. The lowest BCUT2D eigenvalue weighted by Gasteiger charge is -2.34. The zero-order chi connectivity index (χ0) is 30.2. The molecule has 0 spiro atoms. The second-order valence-electron chi connectivity index (χ2n) is 10.4. The van der Waals surface area contributed by atoms with Gasteiger partial charge in [-0.3, -0.25) is 13.9 Å². The molecule has 0 aliphatic carbocycles. The molecule has 9 heteroatoms. The van der Waals surface area contributed by atoms with Gasteiger partial charge in [-0.05, 0) is 73.7 Å². The number of anilines is 1. The number of nitrogens with one attached hydrogen (secondary N) is 1. The predicted octanol–water partition coefficient (Wildman–Crippen LogP) is 4.63. The summed E-state index contributed by atoms with van der Waals surface area (Å²) in [7, 11) is -2.26. The lowest BCUT2D eigenvalue weighted by Crippen LogP contribution is -2.54. The summed E-state index contributed by atoms with van der Waals surface area (Å²) >= 11 is 0. The van der Waals surface area contributed by atoms with Crippen LogP contribution in [0.1, 0.15) is 42.5 Å². The fourth-order valence-electron chi connectivity index (χ4n) is 4.46. The van der Waals surface area contributed by atoms with Crippen molar-refractivity contribution in [2.75, 3.05) is 24.2 Å². The summed E-state index contributed by atoms with van der Waals surface area (Å²) in [5.41, 5.74) is 3.96. The minimum Gasteiger partial charge on any atom is -0.497 e. The van der Waals surface area contributed by atoms with Gasteiger partial charge in [0.05, 0.1) is 19.1 Å². The van der Waals surface area contributed by atoms with Crippen LogP contribution in [0.3, 0.4) is 0 Å². The summed E-state index contributed by atoms with van der Waals surface area (Å²) in [5.74, 6) is -0.167.